The fourth-order valence-corrected chi connectivity index (χ4v) is 2.85. The van der Waals surface area contributed by atoms with Crippen molar-refractivity contribution < 1.29 is 4.74 Å². The van der Waals surface area contributed by atoms with E-state index in [1.54, 1.807) is 7.11 Å². The molecule has 0 unspecified atom stereocenters. The second-order valence-electron chi connectivity index (χ2n) is 3.25. The Kier molecular flexibility index (Phi) is 3.16. The SMILES string of the molecule is COc1cc(Br)c2nc(C)cc(I)c2c1. The Hall–Kier alpha value is -0.360. The lowest BCUT2D eigenvalue weighted by Crippen LogP contribution is -1.90. The molecule has 1 aromatic heterocycles. The van der Waals surface area contributed by atoms with Crippen LogP contribution in [0.3, 0.4) is 0 Å². The van der Waals surface area contributed by atoms with E-state index < -0.39 is 0 Å². The van der Waals surface area contributed by atoms with Gasteiger partial charge < -0.3 is 4.74 Å². The molecule has 0 saturated heterocycles. The summed E-state index contributed by atoms with van der Waals surface area (Å²) in [4.78, 5) is 4.50. The van der Waals surface area contributed by atoms with Crippen LogP contribution in [0.1, 0.15) is 5.69 Å². The zero-order chi connectivity index (χ0) is 11.0. The average Bonchev–Trinajstić information content (AvgIpc) is 2.19. The molecule has 2 nitrogen and oxygen atoms in total. The summed E-state index contributed by atoms with van der Waals surface area (Å²) in [6.07, 6.45) is 0. The van der Waals surface area contributed by atoms with Crippen LogP contribution in [0.5, 0.6) is 5.75 Å². The van der Waals surface area contributed by atoms with Gasteiger partial charge >= 0.3 is 0 Å². The van der Waals surface area contributed by atoms with Crippen LogP contribution in [-0.2, 0) is 0 Å². The monoisotopic (exact) mass is 377 g/mol. The van der Waals surface area contributed by atoms with Crippen molar-refractivity contribution in [2.45, 2.75) is 6.92 Å². The van der Waals surface area contributed by atoms with E-state index in [-0.39, 0.29) is 0 Å². The van der Waals surface area contributed by atoms with Gasteiger partial charge in [0.05, 0.1) is 12.6 Å². The molecule has 1 heterocycles. The van der Waals surface area contributed by atoms with Gasteiger partial charge in [-0.05, 0) is 63.6 Å². The molecule has 2 rings (SSSR count). The van der Waals surface area contributed by atoms with Crippen LogP contribution in [0.4, 0.5) is 0 Å². The fourth-order valence-electron chi connectivity index (χ4n) is 1.46. The third-order valence-electron chi connectivity index (χ3n) is 2.15. The molecule has 0 atom stereocenters. The van der Waals surface area contributed by atoms with Gasteiger partial charge in [-0.3, -0.25) is 4.98 Å². The van der Waals surface area contributed by atoms with Crippen molar-refractivity contribution in [2.24, 2.45) is 0 Å². The summed E-state index contributed by atoms with van der Waals surface area (Å²) < 4.78 is 7.39. The number of ether oxygens (including phenoxy) is 1. The number of benzene rings is 1. The highest BCUT2D eigenvalue weighted by molar-refractivity contribution is 14.1. The first kappa shape index (κ1) is 11.1. The highest BCUT2D eigenvalue weighted by Crippen LogP contribution is 2.31. The van der Waals surface area contributed by atoms with Gasteiger partial charge in [-0.15, -0.1) is 0 Å². The lowest BCUT2D eigenvalue weighted by atomic mass is 10.2. The smallest absolute Gasteiger partial charge is 0.120 e. The Balaban J connectivity index is 2.85. The number of rotatable bonds is 1. The molecule has 78 valence electrons. The number of aryl methyl sites for hydroxylation is 1. The molecule has 0 spiro atoms. The number of nitrogens with zero attached hydrogens (tertiary/aromatic N) is 1. The van der Waals surface area contributed by atoms with Crippen LogP contribution in [0.15, 0.2) is 22.7 Å². The quantitative estimate of drug-likeness (QED) is 0.703. The topological polar surface area (TPSA) is 22.1 Å². The molecule has 2 aromatic rings. The highest BCUT2D eigenvalue weighted by Gasteiger charge is 2.07. The van der Waals surface area contributed by atoms with Crippen LogP contribution in [0.2, 0.25) is 0 Å². The molecule has 0 N–H and O–H groups in total. The molecule has 15 heavy (non-hydrogen) atoms. The molecule has 0 saturated carbocycles. The first-order valence-corrected chi connectivity index (χ1v) is 6.29. The molecular formula is C11H9BrINO. The number of pyridine rings is 1. The van der Waals surface area contributed by atoms with Crippen LogP contribution >= 0.6 is 38.5 Å². The summed E-state index contributed by atoms with van der Waals surface area (Å²) in [6.45, 7) is 2.00. The molecular weight excluding hydrogens is 369 g/mol. The van der Waals surface area contributed by atoms with Crippen LogP contribution in [0.25, 0.3) is 10.9 Å². The zero-order valence-corrected chi connectivity index (χ0v) is 12.1. The maximum absolute atomic E-state index is 5.23. The molecule has 0 radical (unpaired) electrons. The van der Waals surface area contributed by atoms with Crippen LogP contribution in [0, 0.1) is 10.5 Å². The molecule has 0 aliphatic carbocycles. The predicted octanol–water partition coefficient (Wildman–Crippen LogP) is 3.92. The van der Waals surface area contributed by atoms with Crippen LogP contribution in [-0.4, -0.2) is 12.1 Å². The van der Waals surface area contributed by atoms with Gasteiger partial charge in [-0.2, -0.15) is 0 Å². The second-order valence-corrected chi connectivity index (χ2v) is 5.27. The largest absolute Gasteiger partial charge is 0.497 e. The lowest BCUT2D eigenvalue weighted by Gasteiger charge is -2.07. The number of halogens is 2. The molecule has 0 aliphatic rings. The number of hydrogen-bond donors (Lipinski definition) is 0. The predicted molar refractivity (Wildman–Crippen MR) is 73.4 cm³/mol. The summed E-state index contributed by atoms with van der Waals surface area (Å²) in [5.41, 5.74) is 2.01. The summed E-state index contributed by atoms with van der Waals surface area (Å²) in [5, 5.41) is 1.12. The molecule has 0 aliphatic heterocycles. The van der Waals surface area contributed by atoms with Gasteiger partial charge in [0.25, 0.3) is 0 Å². The fraction of sp³-hybridized carbons (Fsp3) is 0.182. The third kappa shape index (κ3) is 2.10. The minimum atomic E-state index is 0.845. The Morgan fingerprint density at radius 2 is 2.07 bits per heavy atom. The summed E-state index contributed by atoms with van der Waals surface area (Å²) in [5.74, 6) is 0.845. The van der Waals surface area contributed by atoms with E-state index in [1.165, 1.54) is 3.57 Å². The third-order valence-corrected chi connectivity index (χ3v) is 3.65. The Morgan fingerprint density at radius 3 is 2.73 bits per heavy atom. The van der Waals surface area contributed by atoms with E-state index in [9.17, 15) is 0 Å². The van der Waals surface area contributed by atoms with Crippen LogP contribution < -0.4 is 4.74 Å². The van der Waals surface area contributed by atoms with Gasteiger partial charge in [-0.25, -0.2) is 0 Å². The van der Waals surface area contributed by atoms with Crippen molar-refractivity contribution in [1.29, 1.82) is 0 Å². The summed E-state index contributed by atoms with van der Waals surface area (Å²) >= 11 is 5.83. The van der Waals surface area contributed by atoms with Crippen molar-refractivity contribution >= 4 is 49.4 Å². The lowest BCUT2D eigenvalue weighted by molar-refractivity contribution is 0.415. The normalized spacial score (nSPS) is 10.7. The highest BCUT2D eigenvalue weighted by atomic mass is 127. The summed E-state index contributed by atoms with van der Waals surface area (Å²) in [6, 6.07) is 6.01. The minimum absolute atomic E-state index is 0.845. The van der Waals surface area contributed by atoms with Gasteiger partial charge in [0.1, 0.15) is 5.75 Å². The maximum atomic E-state index is 5.23. The van der Waals surface area contributed by atoms with Gasteiger partial charge in [0.2, 0.25) is 0 Å². The minimum Gasteiger partial charge on any atom is -0.497 e. The number of aromatic nitrogens is 1. The van der Waals surface area contributed by atoms with E-state index in [0.29, 0.717) is 0 Å². The number of hydrogen-bond acceptors (Lipinski definition) is 2. The molecule has 4 heteroatoms. The molecule has 0 fully saturated rings. The molecule has 0 amide bonds. The number of methoxy groups -OCH3 is 1. The van der Waals surface area contributed by atoms with E-state index >= 15 is 0 Å². The zero-order valence-electron chi connectivity index (χ0n) is 8.34. The van der Waals surface area contributed by atoms with Crippen molar-refractivity contribution in [3.8, 4) is 5.75 Å². The first-order chi connectivity index (χ1) is 7.11. The average molecular weight is 378 g/mol. The summed E-state index contributed by atoms with van der Waals surface area (Å²) in [7, 11) is 1.67. The molecule has 1 aromatic carbocycles. The van der Waals surface area contributed by atoms with Crippen molar-refractivity contribution in [2.75, 3.05) is 7.11 Å². The van der Waals surface area contributed by atoms with Crippen molar-refractivity contribution in [1.82, 2.24) is 4.98 Å². The standard InChI is InChI=1S/C11H9BrINO/c1-6-3-10(13)8-4-7(15-2)5-9(12)11(8)14-6/h3-5H,1-2H3. The first-order valence-electron chi connectivity index (χ1n) is 4.42. The van der Waals surface area contributed by atoms with Crippen molar-refractivity contribution in [3.63, 3.8) is 0 Å². The number of fused-ring (bicyclic) bond motifs is 1. The molecule has 0 bridgehead atoms. The van der Waals surface area contributed by atoms with E-state index in [1.807, 2.05) is 19.1 Å². The Morgan fingerprint density at radius 1 is 1.33 bits per heavy atom. The van der Waals surface area contributed by atoms with Gasteiger partial charge in [-0.1, -0.05) is 0 Å². The van der Waals surface area contributed by atoms with E-state index in [0.717, 1.165) is 26.8 Å². The van der Waals surface area contributed by atoms with Crippen molar-refractivity contribution in [3.05, 3.63) is 31.9 Å². The van der Waals surface area contributed by atoms with E-state index in [4.69, 9.17) is 4.74 Å². The van der Waals surface area contributed by atoms with Gasteiger partial charge in [0.15, 0.2) is 0 Å². The Labute approximate surface area is 110 Å². The van der Waals surface area contributed by atoms with E-state index in [2.05, 4.69) is 49.6 Å². The maximum Gasteiger partial charge on any atom is 0.120 e. The van der Waals surface area contributed by atoms with Gasteiger partial charge in [0, 0.05) is 19.1 Å². The Bertz CT molecular complexity index is 527. The second kappa shape index (κ2) is 4.25.